The molecule has 178 valence electrons. The molecule has 3 N–H and O–H groups in total. The van der Waals surface area contributed by atoms with Crippen LogP contribution in [0.2, 0.25) is 0 Å². The molecule has 0 amide bonds. The first-order valence-corrected chi connectivity index (χ1v) is 12.3. The van der Waals surface area contributed by atoms with Gasteiger partial charge < -0.3 is 25.1 Å². The molecule has 1 aromatic heterocycles. The monoisotopic (exact) mass is 453 g/mol. The molecule has 3 saturated carbocycles. The van der Waals surface area contributed by atoms with Crippen LogP contribution in [0.5, 0.6) is 5.75 Å². The Hall–Kier alpha value is -2.22. The van der Waals surface area contributed by atoms with Gasteiger partial charge in [0.2, 0.25) is 0 Å². The standard InChI is InChI=1S/C20H23N3O3.C6H12O/c1-24-11-25-17-8-13(12-2-3-12)4-5-14(17)18-15-9-20(6-7-20)26-10-16(15)19(21)23-22-18;7-6-4-2-1-3-5-6/h4-5,8,12H,2-3,6-7,9-11H2,1H3,(H2,21,23);6-7H,1-5H2. The van der Waals surface area contributed by atoms with Crippen molar-refractivity contribution < 1.29 is 19.3 Å². The number of aliphatic hydroxyl groups is 1. The molecule has 0 bridgehead atoms. The van der Waals surface area contributed by atoms with E-state index in [9.17, 15) is 0 Å². The SMILES string of the molecule is COCOc1cc(C2CC2)ccc1-c1nnc(N)c2c1CC1(CC1)OC2.OC1CCCCC1. The van der Waals surface area contributed by atoms with E-state index < -0.39 is 0 Å². The zero-order valence-corrected chi connectivity index (χ0v) is 19.5. The molecule has 3 fully saturated rings. The van der Waals surface area contributed by atoms with Crippen molar-refractivity contribution in [1.82, 2.24) is 10.2 Å². The average Bonchev–Trinajstić information content (AvgIpc) is 3.76. The van der Waals surface area contributed by atoms with Gasteiger partial charge in [-0.15, -0.1) is 10.2 Å². The van der Waals surface area contributed by atoms with Gasteiger partial charge in [-0.05, 0) is 67.7 Å². The highest BCUT2D eigenvalue weighted by Crippen LogP contribution is 2.50. The summed E-state index contributed by atoms with van der Waals surface area (Å²) >= 11 is 0. The third kappa shape index (κ3) is 5.15. The first kappa shape index (κ1) is 22.6. The van der Waals surface area contributed by atoms with Crippen molar-refractivity contribution in [3.05, 3.63) is 34.9 Å². The molecule has 4 aliphatic rings. The second-order valence-corrected chi connectivity index (χ2v) is 9.91. The zero-order valence-electron chi connectivity index (χ0n) is 19.5. The number of benzene rings is 1. The topological polar surface area (TPSA) is 99.7 Å². The lowest BCUT2D eigenvalue weighted by atomic mass is 9.93. The molecule has 7 nitrogen and oxygen atoms in total. The van der Waals surface area contributed by atoms with E-state index in [1.54, 1.807) is 7.11 Å². The molecule has 2 aromatic rings. The van der Waals surface area contributed by atoms with Gasteiger partial charge in [-0.3, -0.25) is 0 Å². The van der Waals surface area contributed by atoms with Crippen molar-refractivity contribution in [2.45, 2.75) is 88.4 Å². The van der Waals surface area contributed by atoms with Gasteiger partial charge in [-0.2, -0.15) is 0 Å². The lowest BCUT2D eigenvalue weighted by Crippen LogP contribution is -2.26. The van der Waals surface area contributed by atoms with Gasteiger partial charge in [0, 0.05) is 24.7 Å². The number of fused-ring (bicyclic) bond motifs is 1. The molecule has 2 heterocycles. The lowest BCUT2D eigenvalue weighted by Gasteiger charge is -2.27. The van der Waals surface area contributed by atoms with Crippen LogP contribution in [-0.4, -0.2) is 40.9 Å². The Bertz CT molecular complexity index is 982. The summed E-state index contributed by atoms with van der Waals surface area (Å²) in [4.78, 5) is 0. The van der Waals surface area contributed by atoms with Gasteiger partial charge in [0.1, 0.15) is 11.4 Å². The fourth-order valence-electron chi connectivity index (χ4n) is 4.88. The third-order valence-electron chi connectivity index (χ3n) is 7.26. The smallest absolute Gasteiger partial charge is 0.188 e. The fourth-order valence-corrected chi connectivity index (χ4v) is 4.88. The number of ether oxygens (including phenoxy) is 3. The number of aliphatic hydroxyl groups excluding tert-OH is 1. The highest BCUT2D eigenvalue weighted by Gasteiger charge is 2.48. The van der Waals surface area contributed by atoms with Gasteiger partial charge in [0.25, 0.3) is 0 Å². The molecular formula is C26H35N3O4. The molecular weight excluding hydrogens is 418 g/mol. The van der Waals surface area contributed by atoms with Crippen LogP contribution in [0, 0.1) is 0 Å². The minimum Gasteiger partial charge on any atom is -0.467 e. The minimum atomic E-state index is -0.0152. The number of rotatable bonds is 5. The van der Waals surface area contributed by atoms with Crippen molar-refractivity contribution in [2.24, 2.45) is 0 Å². The fraction of sp³-hybridized carbons (Fsp3) is 0.615. The largest absolute Gasteiger partial charge is 0.467 e. The maximum absolute atomic E-state index is 8.91. The highest BCUT2D eigenvalue weighted by atomic mass is 16.7. The Labute approximate surface area is 195 Å². The van der Waals surface area contributed by atoms with Crippen molar-refractivity contribution in [2.75, 3.05) is 19.6 Å². The van der Waals surface area contributed by atoms with E-state index in [0.29, 0.717) is 18.3 Å². The Morgan fingerprint density at radius 3 is 2.52 bits per heavy atom. The predicted molar refractivity (Wildman–Crippen MR) is 126 cm³/mol. The average molecular weight is 454 g/mol. The molecule has 1 aliphatic heterocycles. The van der Waals surface area contributed by atoms with E-state index in [-0.39, 0.29) is 18.5 Å². The summed E-state index contributed by atoms with van der Waals surface area (Å²) in [6.07, 6.45) is 11.5. The zero-order chi connectivity index (χ0) is 22.8. The highest BCUT2D eigenvalue weighted by molar-refractivity contribution is 5.73. The molecule has 3 aliphatic carbocycles. The first-order chi connectivity index (χ1) is 16.1. The maximum atomic E-state index is 8.91. The Kier molecular flexibility index (Phi) is 6.54. The van der Waals surface area contributed by atoms with Gasteiger partial charge in [-0.25, -0.2) is 0 Å². The van der Waals surface area contributed by atoms with E-state index >= 15 is 0 Å². The van der Waals surface area contributed by atoms with Gasteiger partial charge in [0.15, 0.2) is 12.6 Å². The van der Waals surface area contributed by atoms with Crippen molar-refractivity contribution in [3.63, 3.8) is 0 Å². The predicted octanol–water partition coefficient (Wildman–Crippen LogP) is 4.50. The second-order valence-electron chi connectivity index (χ2n) is 9.91. The number of hydrogen-bond donors (Lipinski definition) is 2. The second kappa shape index (κ2) is 9.57. The van der Waals surface area contributed by atoms with Crippen molar-refractivity contribution in [1.29, 1.82) is 0 Å². The summed E-state index contributed by atoms with van der Waals surface area (Å²) in [5, 5.41) is 17.6. The third-order valence-corrected chi connectivity index (χ3v) is 7.26. The molecule has 0 atom stereocenters. The van der Waals surface area contributed by atoms with Crippen molar-refractivity contribution >= 4 is 5.82 Å². The number of anilines is 1. The van der Waals surface area contributed by atoms with Crippen molar-refractivity contribution in [3.8, 4) is 17.0 Å². The lowest BCUT2D eigenvalue weighted by molar-refractivity contribution is 0.00836. The van der Waals surface area contributed by atoms with Crippen LogP contribution in [-0.2, 0) is 22.5 Å². The number of aromatic nitrogens is 2. The van der Waals surface area contributed by atoms with E-state index in [4.69, 9.17) is 25.1 Å². The van der Waals surface area contributed by atoms with E-state index in [1.165, 1.54) is 37.7 Å². The molecule has 0 radical (unpaired) electrons. The van der Waals surface area contributed by atoms with Crippen LogP contribution in [0.1, 0.15) is 80.4 Å². The molecule has 7 heteroatoms. The summed E-state index contributed by atoms with van der Waals surface area (Å²) in [6.45, 7) is 0.719. The van der Waals surface area contributed by atoms with Gasteiger partial charge in [0.05, 0.1) is 18.3 Å². The van der Waals surface area contributed by atoms with Crippen LogP contribution in [0.15, 0.2) is 18.2 Å². The summed E-state index contributed by atoms with van der Waals surface area (Å²) in [5.41, 5.74) is 11.3. The molecule has 0 unspecified atom stereocenters. The maximum Gasteiger partial charge on any atom is 0.188 e. The van der Waals surface area contributed by atoms with Crippen LogP contribution in [0.3, 0.4) is 0 Å². The number of nitrogens with two attached hydrogens (primary N) is 1. The molecule has 6 rings (SSSR count). The van der Waals surface area contributed by atoms with E-state index in [1.807, 2.05) is 0 Å². The Morgan fingerprint density at radius 1 is 1.09 bits per heavy atom. The number of nitrogens with zero attached hydrogens (tertiary/aromatic N) is 2. The normalized spacial score (nSPS) is 21.2. The number of nitrogen functional groups attached to an aromatic ring is 1. The van der Waals surface area contributed by atoms with Crippen LogP contribution in [0.25, 0.3) is 11.3 Å². The molecule has 33 heavy (non-hydrogen) atoms. The van der Waals surface area contributed by atoms with E-state index in [2.05, 4.69) is 28.4 Å². The molecule has 0 saturated heterocycles. The number of hydrogen-bond acceptors (Lipinski definition) is 7. The van der Waals surface area contributed by atoms with Gasteiger partial charge >= 0.3 is 0 Å². The summed E-state index contributed by atoms with van der Waals surface area (Å²) in [6, 6.07) is 6.42. The molecule has 1 spiro atoms. The van der Waals surface area contributed by atoms with Crippen LogP contribution < -0.4 is 10.5 Å². The molecule has 1 aromatic carbocycles. The van der Waals surface area contributed by atoms with Crippen LogP contribution in [0.4, 0.5) is 5.82 Å². The Morgan fingerprint density at radius 2 is 1.88 bits per heavy atom. The minimum absolute atomic E-state index is 0.0152. The number of methoxy groups -OCH3 is 1. The van der Waals surface area contributed by atoms with Crippen LogP contribution >= 0.6 is 0 Å². The summed E-state index contributed by atoms with van der Waals surface area (Å²) in [5.74, 6) is 1.92. The summed E-state index contributed by atoms with van der Waals surface area (Å²) in [7, 11) is 1.63. The first-order valence-electron chi connectivity index (χ1n) is 12.3. The van der Waals surface area contributed by atoms with E-state index in [0.717, 1.165) is 60.2 Å². The Balaban J connectivity index is 0.000000281. The summed E-state index contributed by atoms with van der Waals surface area (Å²) < 4.78 is 17.1. The van der Waals surface area contributed by atoms with Gasteiger partial charge in [-0.1, -0.05) is 25.3 Å². The quantitative estimate of drug-likeness (QED) is 0.643.